The Morgan fingerprint density at radius 2 is 2.13 bits per heavy atom. The smallest absolute Gasteiger partial charge is 0.315 e. The topological polar surface area (TPSA) is 62.8 Å². The molecular weight excluding hydrogens is 294 g/mol. The third-order valence-electron chi connectivity index (χ3n) is 4.22. The van der Waals surface area contributed by atoms with E-state index in [1.807, 2.05) is 25.1 Å². The summed E-state index contributed by atoms with van der Waals surface area (Å²) in [6.07, 6.45) is 0.868. The number of rotatable bonds is 5. The van der Waals surface area contributed by atoms with E-state index in [4.69, 9.17) is 9.47 Å². The molecule has 0 aromatic heterocycles. The number of hydrogen-bond acceptors (Lipinski definition) is 4. The number of hydrogen-bond donors (Lipinski definition) is 2. The van der Waals surface area contributed by atoms with Gasteiger partial charge in [0, 0.05) is 32.1 Å². The zero-order valence-electron chi connectivity index (χ0n) is 13.6. The van der Waals surface area contributed by atoms with Crippen molar-refractivity contribution in [1.29, 1.82) is 0 Å². The molecule has 0 saturated carbocycles. The second-order valence-corrected chi connectivity index (χ2v) is 6.22. The maximum atomic E-state index is 12.0. The quantitative estimate of drug-likeness (QED) is 0.850. The molecule has 126 valence electrons. The average molecular weight is 319 g/mol. The van der Waals surface area contributed by atoms with E-state index in [1.165, 1.54) is 5.56 Å². The monoisotopic (exact) mass is 319 g/mol. The zero-order chi connectivity index (χ0) is 16.1. The number of nitrogens with zero attached hydrogens (tertiary/aromatic N) is 1. The molecule has 1 aromatic rings. The molecule has 2 N–H and O–H groups in total. The normalized spacial score (nSPS) is 22.0. The predicted molar refractivity (Wildman–Crippen MR) is 87.8 cm³/mol. The summed E-state index contributed by atoms with van der Waals surface area (Å²) in [5, 5.41) is 5.89. The number of ether oxygens (including phenoxy) is 2. The molecule has 0 spiro atoms. The van der Waals surface area contributed by atoms with E-state index >= 15 is 0 Å². The minimum Gasteiger partial charge on any atom is -0.488 e. The Bertz CT molecular complexity index is 507. The minimum atomic E-state index is -0.134. The molecule has 2 aliphatic heterocycles. The number of nitrogens with one attached hydrogen (secondary N) is 2. The Kier molecular flexibility index (Phi) is 5.35. The number of urea groups is 1. The van der Waals surface area contributed by atoms with Gasteiger partial charge in [-0.1, -0.05) is 18.2 Å². The van der Waals surface area contributed by atoms with Gasteiger partial charge in [0.2, 0.25) is 0 Å². The fourth-order valence-electron chi connectivity index (χ4n) is 3.07. The highest BCUT2D eigenvalue weighted by Gasteiger charge is 2.23. The van der Waals surface area contributed by atoms with Gasteiger partial charge in [0.15, 0.2) is 0 Å². The summed E-state index contributed by atoms with van der Waals surface area (Å²) >= 11 is 0. The van der Waals surface area contributed by atoms with Gasteiger partial charge in [0.25, 0.3) is 0 Å². The Balaban J connectivity index is 1.35. The molecule has 2 atom stereocenters. The number of amides is 2. The van der Waals surface area contributed by atoms with E-state index in [2.05, 4.69) is 21.6 Å². The largest absolute Gasteiger partial charge is 0.488 e. The van der Waals surface area contributed by atoms with E-state index in [0.29, 0.717) is 6.54 Å². The van der Waals surface area contributed by atoms with Crippen LogP contribution in [0, 0.1) is 0 Å². The number of benzene rings is 1. The summed E-state index contributed by atoms with van der Waals surface area (Å²) in [5.74, 6) is 0.931. The lowest BCUT2D eigenvalue weighted by Crippen LogP contribution is -2.49. The number of carbonyl (C=O) groups excluding carboxylic acids is 1. The second kappa shape index (κ2) is 7.66. The summed E-state index contributed by atoms with van der Waals surface area (Å²) in [4.78, 5) is 14.3. The van der Waals surface area contributed by atoms with Gasteiger partial charge in [-0.3, -0.25) is 4.90 Å². The Labute approximate surface area is 137 Å². The van der Waals surface area contributed by atoms with Gasteiger partial charge in [-0.15, -0.1) is 0 Å². The average Bonchev–Trinajstić information content (AvgIpc) is 2.96. The molecule has 3 rings (SSSR count). The molecule has 0 unspecified atom stereocenters. The SMILES string of the molecule is C[C@H](CN1CCOCC1)NC(=O)NC[C@@H]1Cc2ccccc2O1. The second-order valence-electron chi connectivity index (χ2n) is 6.22. The van der Waals surface area contributed by atoms with E-state index in [-0.39, 0.29) is 18.2 Å². The molecule has 2 amide bonds. The van der Waals surface area contributed by atoms with Crippen molar-refractivity contribution in [2.45, 2.75) is 25.5 Å². The van der Waals surface area contributed by atoms with Crippen LogP contribution in [0.15, 0.2) is 24.3 Å². The molecule has 0 radical (unpaired) electrons. The maximum absolute atomic E-state index is 12.0. The van der Waals surface area contributed by atoms with Gasteiger partial charge >= 0.3 is 6.03 Å². The first-order valence-electron chi connectivity index (χ1n) is 8.30. The highest BCUT2D eigenvalue weighted by Crippen LogP contribution is 2.27. The maximum Gasteiger partial charge on any atom is 0.315 e. The van der Waals surface area contributed by atoms with Crippen LogP contribution in [0.4, 0.5) is 4.79 Å². The first kappa shape index (κ1) is 16.1. The molecular formula is C17H25N3O3. The number of para-hydroxylation sites is 1. The van der Waals surface area contributed by atoms with E-state index in [9.17, 15) is 4.79 Å². The standard InChI is InChI=1S/C17H25N3O3/c1-13(12-20-6-8-22-9-7-20)19-17(21)18-11-15-10-14-4-2-3-5-16(14)23-15/h2-5,13,15H,6-12H2,1H3,(H2,18,19,21)/t13-,15+/m1/s1. The lowest BCUT2D eigenvalue weighted by atomic mass is 10.1. The van der Waals surface area contributed by atoms with Gasteiger partial charge in [0.05, 0.1) is 19.8 Å². The highest BCUT2D eigenvalue weighted by molar-refractivity contribution is 5.74. The van der Waals surface area contributed by atoms with Crippen molar-refractivity contribution in [2.24, 2.45) is 0 Å². The van der Waals surface area contributed by atoms with Crippen LogP contribution in [0.5, 0.6) is 5.75 Å². The van der Waals surface area contributed by atoms with Gasteiger partial charge in [-0.05, 0) is 18.6 Å². The molecule has 6 nitrogen and oxygen atoms in total. The van der Waals surface area contributed by atoms with Crippen molar-refractivity contribution in [3.63, 3.8) is 0 Å². The zero-order valence-corrected chi connectivity index (χ0v) is 13.6. The molecule has 0 bridgehead atoms. The highest BCUT2D eigenvalue weighted by atomic mass is 16.5. The van der Waals surface area contributed by atoms with Crippen LogP contribution >= 0.6 is 0 Å². The first-order chi connectivity index (χ1) is 11.2. The lowest BCUT2D eigenvalue weighted by molar-refractivity contribution is 0.0349. The van der Waals surface area contributed by atoms with Crippen molar-refractivity contribution < 1.29 is 14.3 Å². The van der Waals surface area contributed by atoms with Crippen LogP contribution in [-0.2, 0) is 11.2 Å². The Morgan fingerprint density at radius 3 is 2.91 bits per heavy atom. The fraction of sp³-hybridized carbons (Fsp3) is 0.588. The van der Waals surface area contributed by atoms with Crippen LogP contribution in [-0.4, -0.2) is 62.5 Å². The van der Waals surface area contributed by atoms with Crippen LogP contribution in [0.2, 0.25) is 0 Å². The van der Waals surface area contributed by atoms with Crippen molar-refractivity contribution in [3.8, 4) is 5.75 Å². The number of morpholine rings is 1. The molecule has 6 heteroatoms. The van der Waals surface area contributed by atoms with Crippen LogP contribution in [0.25, 0.3) is 0 Å². The fourth-order valence-corrected chi connectivity index (χ4v) is 3.07. The summed E-state index contributed by atoms with van der Waals surface area (Å²) in [6, 6.07) is 7.99. The molecule has 1 aromatic carbocycles. The minimum absolute atomic E-state index is 0.0210. The van der Waals surface area contributed by atoms with E-state index in [0.717, 1.165) is 45.0 Å². The molecule has 2 aliphatic rings. The van der Waals surface area contributed by atoms with Crippen molar-refractivity contribution in [3.05, 3.63) is 29.8 Å². The molecule has 23 heavy (non-hydrogen) atoms. The summed E-state index contributed by atoms with van der Waals surface area (Å²) < 4.78 is 11.1. The summed E-state index contributed by atoms with van der Waals surface area (Å²) in [7, 11) is 0. The van der Waals surface area contributed by atoms with E-state index in [1.54, 1.807) is 0 Å². The third-order valence-corrected chi connectivity index (χ3v) is 4.22. The van der Waals surface area contributed by atoms with Gasteiger partial charge in [-0.25, -0.2) is 4.79 Å². The summed E-state index contributed by atoms with van der Waals surface area (Å²) in [5.41, 5.74) is 1.21. The number of carbonyl (C=O) groups is 1. The van der Waals surface area contributed by atoms with Gasteiger partial charge in [-0.2, -0.15) is 0 Å². The molecule has 2 heterocycles. The van der Waals surface area contributed by atoms with Crippen molar-refractivity contribution >= 4 is 6.03 Å². The van der Waals surface area contributed by atoms with Crippen molar-refractivity contribution in [2.75, 3.05) is 39.4 Å². The van der Waals surface area contributed by atoms with E-state index < -0.39 is 0 Å². The molecule has 0 aliphatic carbocycles. The lowest BCUT2D eigenvalue weighted by Gasteiger charge is -2.29. The Morgan fingerprint density at radius 1 is 1.35 bits per heavy atom. The van der Waals surface area contributed by atoms with Crippen molar-refractivity contribution in [1.82, 2.24) is 15.5 Å². The first-order valence-corrected chi connectivity index (χ1v) is 8.30. The number of fused-ring (bicyclic) bond motifs is 1. The third kappa shape index (κ3) is 4.59. The Hall–Kier alpha value is -1.79. The molecule has 1 saturated heterocycles. The molecule has 1 fully saturated rings. The van der Waals surface area contributed by atoms with Gasteiger partial charge < -0.3 is 20.1 Å². The van der Waals surface area contributed by atoms with Gasteiger partial charge in [0.1, 0.15) is 11.9 Å². The summed E-state index contributed by atoms with van der Waals surface area (Å²) in [6.45, 7) is 6.81. The predicted octanol–water partition coefficient (Wildman–Crippen LogP) is 1.01. The van der Waals surface area contributed by atoms with Crippen LogP contribution in [0.1, 0.15) is 12.5 Å². The van der Waals surface area contributed by atoms with Crippen LogP contribution in [0.3, 0.4) is 0 Å². The van der Waals surface area contributed by atoms with Crippen LogP contribution < -0.4 is 15.4 Å².